The van der Waals surface area contributed by atoms with Crippen LogP contribution in [0.1, 0.15) is 207 Å². The van der Waals surface area contributed by atoms with Gasteiger partial charge in [-0.15, -0.1) is 0 Å². The lowest BCUT2D eigenvalue weighted by Gasteiger charge is -2.45. The standard InChI is InChI=1S/C41H76O9/c1-5-9-13-17-21-25-29-34(42)39(47)41(49,36(44)31-27-23-19-15-11-7-3)40(48,35(43)30-26-22-18-14-10-6-2)37(45)33-50-38(46)32-28-24-20-16-12-8-4/h37,39,45,47-49H,5-33H2,1-4H3. The SMILES string of the molecule is CCCCCCCCC(=O)OCC(O)C(O)(C(=O)CCCCCCCC)C(O)(C(=O)CCCCCCCC)C(O)C(=O)CCCCCCCC. The summed E-state index contributed by atoms with van der Waals surface area (Å²) in [6, 6.07) is 0. The fourth-order valence-electron chi connectivity index (χ4n) is 6.60. The summed E-state index contributed by atoms with van der Waals surface area (Å²) in [5, 5.41) is 47.2. The van der Waals surface area contributed by atoms with Gasteiger partial charge in [-0.05, 0) is 25.7 Å². The van der Waals surface area contributed by atoms with Crippen molar-refractivity contribution < 1.29 is 44.3 Å². The molecule has 294 valence electrons. The van der Waals surface area contributed by atoms with Gasteiger partial charge in [0.2, 0.25) is 0 Å². The largest absolute Gasteiger partial charge is 0.463 e. The predicted molar refractivity (Wildman–Crippen MR) is 200 cm³/mol. The summed E-state index contributed by atoms with van der Waals surface area (Å²) in [7, 11) is 0. The van der Waals surface area contributed by atoms with Crippen molar-refractivity contribution in [1.82, 2.24) is 0 Å². The highest BCUT2D eigenvalue weighted by Crippen LogP contribution is 2.36. The summed E-state index contributed by atoms with van der Waals surface area (Å²) >= 11 is 0. The van der Waals surface area contributed by atoms with E-state index in [0.717, 1.165) is 109 Å². The van der Waals surface area contributed by atoms with Crippen LogP contribution in [-0.2, 0) is 23.9 Å². The third-order valence-electron chi connectivity index (χ3n) is 10.0. The Balaban J connectivity index is 6.23. The van der Waals surface area contributed by atoms with E-state index in [-0.39, 0.29) is 25.7 Å². The van der Waals surface area contributed by atoms with Crippen LogP contribution in [0.25, 0.3) is 0 Å². The van der Waals surface area contributed by atoms with E-state index in [0.29, 0.717) is 44.9 Å². The van der Waals surface area contributed by atoms with Gasteiger partial charge in [0.25, 0.3) is 0 Å². The third kappa shape index (κ3) is 18.2. The predicted octanol–water partition coefficient (Wildman–Crippen LogP) is 8.42. The Morgan fingerprint density at radius 3 is 1.18 bits per heavy atom. The van der Waals surface area contributed by atoms with Crippen LogP contribution in [0.15, 0.2) is 0 Å². The highest BCUT2D eigenvalue weighted by atomic mass is 16.5. The van der Waals surface area contributed by atoms with Gasteiger partial charge >= 0.3 is 5.97 Å². The highest BCUT2D eigenvalue weighted by Gasteiger charge is 2.67. The molecule has 0 aliphatic carbocycles. The summed E-state index contributed by atoms with van der Waals surface area (Å²) in [4.78, 5) is 53.9. The van der Waals surface area contributed by atoms with Gasteiger partial charge in [-0.25, -0.2) is 0 Å². The first-order valence-electron chi connectivity index (χ1n) is 20.5. The smallest absolute Gasteiger partial charge is 0.305 e. The van der Waals surface area contributed by atoms with Gasteiger partial charge in [-0.1, -0.05) is 156 Å². The van der Waals surface area contributed by atoms with Crippen LogP contribution in [0.4, 0.5) is 0 Å². The number of Topliss-reactive ketones (excluding diaryl/α,β-unsaturated/α-hetero) is 3. The fourth-order valence-corrected chi connectivity index (χ4v) is 6.60. The van der Waals surface area contributed by atoms with Gasteiger partial charge in [0.15, 0.2) is 34.7 Å². The molecule has 0 amide bonds. The van der Waals surface area contributed by atoms with Crippen molar-refractivity contribution in [3.05, 3.63) is 0 Å². The summed E-state index contributed by atoms with van der Waals surface area (Å²) in [5.74, 6) is -3.66. The van der Waals surface area contributed by atoms with Crippen LogP contribution in [0.5, 0.6) is 0 Å². The molecule has 0 rings (SSSR count). The van der Waals surface area contributed by atoms with Crippen molar-refractivity contribution in [3.8, 4) is 0 Å². The van der Waals surface area contributed by atoms with E-state index in [1.54, 1.807) is 0 Å². The zero-order valence-corrected chi connectivity index (χ0v) is 32.5. The van der Waals surface area contributed by atoms with Crippen LogP contribution in [-0.4, -0.2) is 73.8 Å². The molecule has 9 nitrogen and oxygen atoms in total. The second kappa shape index (κ2) is 29.9. The maximum Gasteiger partial charge on any atom is 0.305 e. The zero-order chi connectivity index (χ0) is 37.7. The number of carbonyl (C=O) groups excluding carboxylic acids is 4. The van der Waals surface area contributed by atoms with Gasteiger partial charge in [0.1, 0.15) is 12.7 Å². The molecule has 0 aliphatic heterocycles. The molecule has 0 aliphatic rings. The Kier molecular flexibility index (Phi) is 28.8. The minimum atomic E-state index is -3.32. The average Bonchev–Trinajstić information content (AvgIpc) is 3.11. The van der Waals surface area contributed by atoms with Crippen LogP contribution < -0.4 is 0 Å². The first-order chi connectivity index (χ1) is 24.0. The highest BCUT2D eigenvalue weighted by molar-refractivity contribution is 6.04. The molecule has 0 spiro atoms. The number of hydrogen-bond donors (Lipinski definition) is 4. The molecular weight excluding hydrogens is 636 g/mol. The second-order valence-corrected chi connectivity index (χ2v) is 14.5. The quantitative estimate of drug-likeness (QED) is 0.0370. The molecule has 0 bridgehead atoms. The van der Waals surface area contributed by atoms with E-state index in [1.165, 1.54) is 0 Å². The number of ether oxygens (including phenoxy) is 1. The van der Waals surface area contributed by atoms with Crippen LogP contribution in [0, 0.1) is 0 Å². The molecule has 0 aromatic carbocycles. The summed E-state index contributed by atoms with van der Waals surface area (Å²) in [6.45, 7) is 7.53. The molecule has 4 unspecified atom stereocenters. The minimum Gasteiger partial charge on any atom is -0.463 e. The van der Waals surface area contributed by atoms with E-state index >= 15 is 0 Å². The average molecular weight is 713 g/mol. The van der Waals surface area contributed by atoms with Gasteiger partial charge in [-0.3, -0.25) is 19.2 Å². The van der Waals surface area contributed by atoms with Crippen molar-refractivity contribution >= 4 is 23.3 Å². The zero-order valence-electron chi connectivity index (χ0n) is 32.5. The lowest BCUT2D eigenvalue weighted by atomic mass is 9.67. The lowest BCUT2D eigenvalue weighted by molar-refractivity contribution is -0.232. The molecule has 0 saturated carbocycles. The Bertz CT molecular complexity index is 906. The van der Waals surface area contributed by atoms with E-state index in [9.17, 15) is 39.6 Å². The van der Waals surface area contributed by atoms with E-state index < -0.39 is 53.3 Å². The summed E-state index contributed by atoms with van der Waals surface area (Å²) in [6.07, 6.45) is 15.2. The molecule has 0 radical (unpaired) electrons. The number of carbonyl (C=O) groups is 4. The lowest BCUT2D eigenvalue weighted by Crippen LogP contribution is -2.75. The number of aliphatic hydroxyl groups excluding tert-OH is 2. The number of aliphatic hydroxyl groups is 4. The topological polar surface area (TPSA) is 158 Å². The summed E-state index contributed by atoms with van der Waals surface area (Å²) < 4.78 is 5.27. The van der Waals surface area contributed by atoms with Crippen molar-refractivity contribution in [3.63, 3.8) is 0 Å². The second-order valence-electron chi connectivity index (χ2n) is 14.5. The molecule has 4 atom stereocenters. The molecule has 9 heteroatoms. The van der Waals surface area contributed by atoms with Crippen molar-refractivity contribution in [1.29, 1.82) is 0 Å². The molecule has 4 N–H and O–H groups in total. The normalized spacial score (nSPS) is 15.2. The van der Waals surface area contributed by atoms with E-state index in [1.807, 2.05) is 0 Å². The van der Waals surface area contributed by atoms with Crippen molar-refractivity contribution in [2.75, 3.05) is 6.61 Å². The number of hydrogen-bond acceptors (Lipinski definition) is 9. The molecule has 50 heavy (non-hydrogen) atoms. The van der Waals surface area contributed by atoms with Gasteiger partial charge in [0, 0.05) is 25.7 Å². The number of unbranched alkanes of at least 4 members (excludes halogenated alkanes) is 20. The van der Waals surface area contributed by atoms with Crippen LogP contribution in [0.2, 0.25) is 0 Å². The Morgan fingerprint density at radius 1 is 0.460 bits per heavy atom. The monoisotopic (exact) mass is 713 g/mol. The first-order valence-corrected chi connectivity index (χ1v) is 20.5. The van der Waals surface area contributed by atoms with Crippen molar-refractivity contribution in [2.45, 2.75) is 231 Å². The maximum atomic E-state index is 13.9. The third-order valence-corrected chi connectivity index (χ3v) is 10.0. The van der Waals surface area contributed by atoms with E-state index in [2.05, 4.69) is 27.7 Å². The van der Waals surface area contributed by atoms with Crippen LogP contribution in [0.3, 0.4) is 0 Å². The number of ketones is 3. The minimum absolute atomic E-state index is 0.0730. The molecule has 0 heterocycles. The Labute approximate surface area is 304 Å². The van der Waals surface area contributed by atoms with Gasteiger partial charge < -0.3 is 25.2 Å². The van der Waals surface area contributed by atoms with Gasteiger partial charge in [0.05, 0.1) is 0 Å². The van der Waals surface area contributed by atoms with E-state index in [4.69, 9.17) is 4.74 Å². The van der Waals surface area contributed by atoms with Crippen molar-refractivity contribution in [2.24, 2.45) is 0 Å². The molecule has 0 saturated heterocycles. The van der Waals surface area contributed by atoms with Crippen LogP contribution >= 0.6 is 0 Å². The molecule has 0 aromatic rings. The molecule has 0 aromatic heterocycles. The molecular formula is C41H76O9. The first kappa shape index (κ1) is 48.3. The van der Waals surface area contributed by atoms with Gasteiger partial charge in [-0.2, -0.15) is 0 Å². The summed E-state index contributed by atoms with van der Waals surface area (Å²) in [5.41, 5.74) is -6.59. The maximum absolute atomic E-state index is 13.9. The number of rotatable bonds is 36. The fraction of sp³-hybridized carbons (Fsp3) is 0.902. The Hall–Kier alpha value is -1.68. The number of esters is 1. The Morgan fingerprint density at radius 2 is 0.780 bits per heavy atom. The molecule has 0 fully saturated rings.